The summed E-state index contributed by atoms with van der Waals surface area (Å²) >= 11 is 0. The van der Waals surface area contributed by atoms with Gasteiger partial charge in [0.2, 0.25) is 0 Å². The van der Waals surface area contributed by atoms with E-state index in [1.54, 1.807) is 7.11 Å². The van der Waals surface area contributed by atoms with Crippen LogP contribution in [0.1, 0.15) is 17.5 Å². The van der Waals surface area contributed by atoms with Gasteiger partial charge in [0.1, 0.15) is 0 Å². The molecule has 0 bridgehead atoms. The molecule has 1 aliphatic rings. The molecule has 0 saturated heterocycles. The van der Waals surface area contributed by atoms with Gasteiger partial charge in [-0.1, -0.05) is 6.07 Å². The molecule has 12 heavy (non-hydrogen) atoms. The molecule has 1 aromatic rings. The summed E-state index contributed by atoms with van der Waals surface area (Å²) in [4.78, 5) is 4.84. The molecular weight excluding hydrogens is 150 g/mol. The Morgan fingerprint density at radius 1 is 1.25 bits per heavy atom. The number of fused-ring (bicyclic) bond motifs is 1. The first-order valence-electron chi connectivity index (χ1n) is 4.31. The second-order valence-corrected chi connectivity index (χ2v) is 3.14. The van der Waals surface area contributed by atoms with Crippen LogP contribution >= 0.6 is 0 Å². The number of hydrogen-bond donors (Lipinski definition) is 1. The van der Waals surface area contributed by atoms with E-state index < -0.39 is 0 Å². The maximum Gasteiger partial charge on any atom is 0.0636 e. The number of nitrogens with one attached hydrogen (secondary N) is 1. The molecule has 0 heterocycles. The Bertz CT molecular complexity index is 283. The standard InChI is InChI=1S/C10H13NO/c1-12-11-10-6-5-8-3-2-4-9(8)7-10/h5-7,11H,2-4H2,1H3. The van der Waals surface area contributed by atoms with Crippen LogP contribution in [0.15, 0.2) is 18.2 Å². The summed E-state index contributed by atoms with van der Waals surface area (Å²) in [5, 5.41) is 0. The molecule has 0 amide bonds. The number of rotatable bonds is 2. The first-order chi connectivity index (χ1) is 5.90. The maximum atomic E-state index is 4.84. The van der Waals surface area contributed by atoms with Crippen LogP contribution in [-0.4, -0.2) is 7.11 Å². The van der Waals surface area contributed by atoms with Gasteiger partial charge in [-0.15, -0.1) is 0 Å². The van der Waals surface area contributed by atoms with Crippen LogP contribution in [0.5, 0.6) is 0 Å². The van der Waals surface area contributed by atoms with Crippen molar-refractivity contribution in [2.45, 2.75) is 19.3 Å². The Labute approximate surface area is 72.5 Å². The maximum absolute atomic E-state index is 4.84. The van der Waals surface area contributed by atoms with E-state index in [1.807, 2.05) is 0 Å². The predicted octanol–water partition coefficient (Wildman–Crippen LogP) is 2.15. The number of aryl methyl sites for hydroxylation is 2. The molecule has 2 nitrogen and oxygen atoms in total. The zero-order valence-electron chi connectivity index (χ0n) is 7.26. The fourth-order valence-electron chi connectivity index (χ4n) is 1.75. The van der Waals surface area contributed by atoms with E-state index >= 15 is 0 Å². The molecule has 0 aromatic heterocycles. The van der Waals surface area contributed by atoms with E-state index in [4.69, 9.17) is 4.84 Å². The predicted molar refractivity (Wildman–Crippen MR) is 49.1 cm³/mol. The van der Waals surface area contributed by atoms with Gasteiger partial charge in [0.05, 0.1) is 12.8 Å². The van der Waals surface area contributed by atoms with Crippen LogP contribution < -0.4 is 5.48 Å². The fourth-order valence-corrected chi connectivity index (χ4v) is 1.75. The second kappa shape index (κ2) is 3.15. The lowest BCUT2D eigenvalue weighted by molar-refractivity contribution is 0.271. The Kier molecular flexibility index (Phi) is 2.00. The van der Waals surface area contributed by atoms with Crippen molar-refractivity contribution in [2.75, 3.05) is 12.6 Å². The summed E-state index contributed by atoms with van der Waals surface area (Å²) in [5.74, 6) is 0. The van der Waals surface area contributed by atoms with Gasteiger partial charge in [-0.2, -0.15) is 0 Å². The molecule has 0 saturated carbocycles. The third kappa shape index (κ3) is 1.30. The van der Waals surface area contributed by atoms with Crippen molar-refractivity contribution >= 4 is 5.69 Å². The van der Waals surface area contributed by atoms with E-state index in [9.17, 15) is 0 Å². The molecule has 1 aliphatic carbocycles. The topological polar surface area (TPSA) is 21.3 Å². The van der Waals surface area contributed by atoms with Crippen molar-refractivity contribution in [2.24, 2.45) is 0 Å². The normalized spacial score (nSPS) is 14.4. The highest BCUT2D eigenvalue weighted by molar-refractivity contribution is 5.48. The highest BCUT2D eigenvalue weighted by Crippen LogP contribution is 2.24. The summed E-state index contributed by atoms with van der Waals surface area (Å²) in [6.45, 7) is 0. The molecule has 2 heteroatoms. The van der Waals surface area contributed by atoms with Crippen molar-refractivity contribution in [1.29, 1.82) is 0 Å². The molecule has 0 fully saturated rings. The number of anilines is 1. The summed E-state index contributed by atoms with van der Waals surface area (Å²) in [7, 11) is 1.63. The smallest absolute Gasteiger partial charge is 0.0636 e. The fraction of sp³-hybridized carbons (Fsp3) is 0.400. The third-order valence-electron chi connectivity index (χ3n) is 2.32. The lowest BCUT2D eigenvalue weighted by Crippen LogP contribution is -1.96. The van der Waals surface area contributed by atoms with Crippen LogP contribution in [0.25, 0.3) is 0 Å². The minimum absolute atomic E-state index is 1.05. The van der Waals surface area contributed by atoms with Gasteiger partial charge in [0.25, 0.3) is 0 Å². The van der Waals surface area contributed by atoms with Crippen LogP contribution in [0, 0.1) is 0 Å². The van der Waals surface area contributed by atoms with Gasteiger partial charge in [-0.05, 0) is 42.5 Å². The number of benzene rings is 1. The van der Waals surface area contributed by atoms with Gasteiger partial charge < -0.3 is 0 Å². The van der Waals surface area contributed by atoms with E-state index in [0.29, 0.717) is 0 Å². The summed E-state index contributed by atoms with van der Waals surface area (Å²) in [5.41, 5.74) is 6.86. The molecule has 1 aromatic carbocycles. The molecule has 0 unspecified atom stereocenters. The SMILES string of the molecule is CONc1ccc2c(c1)CCC2. The number of hydrogen-bond acceptors (Lipinski definition) is 2. The van der Waals surface area contributed by atoms with Crippen molar-refractivity contribution < 1.29 is 4.84 Å². The zero-order chi connectivity index (χ0) is 8.39. The van der Waals surface area contributed by atoms with Crippen molar-refractivity contribution in [1.82, 2.24) is 0 Å². The molecule has 0 atom stereocenters. The second-order valence-electron chi connectivity index (χ2n) is 3.14. The molecular formula is C10H13NO. The average molecular weight is 163 g/mol. The highest BCUT2D eigenvalue weighted by Gasteiger charge is 2.10. The van der Waals surface area contributed by atoms with E-state index in [0.717, 1.165) is 5.69 Å². The van der Waals surface area contributed by atoms with Gasteiger partial charge >= 0.3 is 0 Å². The molecule has 0 spiro atoms. The minimum atomic E-state index is 1.05. The quantitative estimate of drug-likeness (QED) is 0.674. The summed E-state index contributed by atoms with van der Waals surface area (Å²) in [6, 6.07) is 6.42. The third-order valence-corrected chi connectivity index (χ3v) is 2.32. The summed E-state index contributed by atoms with van der Waals surface area (Å²) in [6.07, 6.45) is 3.75. The van der Waals surface area contributed by atoms with Crippen molar-refractivity contribution in [3.63, 3.8) is 0 Å². The first-order valence-corrected chi connectivity index (χ1v) is 4.31. The first kappa shape index (κ1) is 7.62. The lowest BCUT2D eigenvalue weighted by Gasteiger charge is -2.04. The lowest BCUT2D eigenvalue weighted by atomic mass is 10.1. The molecule has 1 N–H and O–H groups in total. The Hall–Kier alpha value is -1.02. The molecule has 2 rings (SSSR count). The highest BCUT2D eigenvalue weighted by atomic mass is 16.6. The molecule has 64 valence electrons. The van der Waals surface area contributed by atoms with Crippen LogP contribution in [0.2, 0.25) is 0 Å². The van der Waals surface area contributed by atoms with Crippen LogP contribution in [0.4, 0.5) is 5.69 Å². The van der Waals surface area contributed by atoms with Crippen molar-refractivity contribution in [3.8, 4) is 0 Å². The van der Waals surface area contributed by atoms with Gasteiger partial charge in [0, 0.05) is 0 Å². The Morgan fingerprint density at radius 2 is 2.08 bits per heavy atom. The zero-order valence-corrected chi connectivity index (χ0v) is 7.26. The van der Waals surface area contributed by atoms with E-state index in [2.05, 4.69) is 23.7 Å². The summed E-state index contributed by atoms with van der Waals surface area (Å²) < 4.78 is 0. The average Bonchev–Trinajstić information content (AvgIpc) is 2.51. The van der Waals surface area contributed by atoms with Crippen LogP contribution in [-0.2, 0) is 17.7 Å². The van der Waals surface area contributed by atoms with Gasteiger partial charge in [-0.25, -0.2) is 0 Å². The van der Waals surface area contributed by atoms with Gasteiger partial charge in [-0.3, -0.25) is 10.3 Å². The minimum Gasteiger partial charge on any atom is -0.279 e. The van der Waals surface area contributed by atoms with Gasteiger partial charge in [0.15, 0.2) is 0 Å². The molecule has 0 aliphatic heterocycles. The monoisotopic (exact) mass is 163 g/mol. The molecule has 0 radical (unpaired) electrons. The largest absolute Gasteiger partial charge is 0.279 e. The van der Waals surface area contributed by atoms with Crippen molar-refractivity contribution in [3.05, 3.63) is 29.3 Å². The van der Waals surface area contributed by atoms with Crippen LogP contribution in [0.3, 0.4) is 0 Å². The Balaban J connectivity index is 2.26. The van der Waals surface area contributed by atoms with E-state index in [-0.39, 0.29) is 0 Å². The Morgan fingerprint density at radius 3 is 2.92 bits per heavy atom. The van der Waals surface area contributed by atoms with E-state index in [1.165, 1.54) is 30.4 Å².